The van der Waals surface area contributed by atoms with Crippen LogP contribution in [0, 0.1) is 20.2 Å². The summed E-state index contributed by atoms with van der Waals surface area (Å²) in [6.45, 7) is 18.7. The van der Waals surface area contributed by atoms with E-state index in [1.807, 2.05) is 43.4 Å². The highest BCUT2D eigenvalue weighted by atomic mass is 16.6. The summed E-state index contributed by atoms with van der Waals surface area (Å²) in [6.07, 6.45) is 4.45. The maximum atomic E-state index is 12.2. The molecule has 0 aliphatic rings. The number of primary amides is 1. The number of non-ortho nitro benzene ring substituents is 1. The minimum absolute atomic E-state index is 0.0271. The molecule has 0 radical (unpaired) electrons. The molecular weight excluding hydrogens is 1390 g/mol. The van der Waals surface area contributed by atoms with Gasteiger partial charge >= 0.3 is 0 Å². The molecule has 0 heterocycles. The van der Waals surface area contributed by atoms with Crippen LogP contribution < -0.4 is 27.0 Å². The summed E-state index contributed by atoms with van der Waals surface area (Å²) in [5.74, 6) is -0.659. The van der Waals surface area contributed by atoms with Gasteiger partial charge in [0.15, 0.2) is 0 Å². The molecule has 604 valence electrons. The number of nitro benzene ring substituents is 2. The van der Waals surface area contributed by atoms with Crippen LogP contribution in [0.25, 0.3) is 10.8 Å². The van der Waals surface area contributed by atoms with Gasteiger partial charge in [-0.2, -0.15) is 0 Å². The Hall–Kier alpha value is -6.49. The number of ketones is 2. The van der Waals surface area contributed by atoms with Crippen LogP contribution in [0.5, 0.6) is 0 Å². The molecule has 0 aliphatic heterocycles. The molecule has 0 fully saturated rings. The lowest BCUT2D eigenvalue weighted by molar-refractivity contribution is -0.393. The number of carbonyl (C=O) groups excluding carboxylic acids is 5. The van der Waals surface area contributed by atoms with Crippen molar-refractivity contribution in [3.8, 4) is 0 Å². The molecule has 0 aliphatic carbocycles. The van der Waals surface area contributed by atoms with Gasteiger partial charge in [-0.3, -0.25) is 44.2 Å². The predicted octanol–water partition coefficient (Wildman–Crippen LogP) is 4.18. The van der Waals surface area contributed by atoms with Crippen molar-refractivity contribution in [3.63, 3.8) is 0 Å². The summed E-state index contributed by atoms with van der Waals surface area (Å²) in [7, 11) is 1.84. The van der Waals surface area contributed by atoms with Crippen molar-refractivity contribution in [2.24, 2.45) is 5.73 Å². The molecule has 3 aromatic rings. The van der Waals surface area contributed by atoms with Gasteiger partial charge < -0.3 is 112 Å². The van der Waals surface area contributed by atoms with Crippen LogP contribution >= 0.6 is 0 Å². The van der Waals surface area contributed by atoms with Gasteiger partial charge in [-0.15, -0.1) is 0 Å². The smallest absolute Gasteiger partial charge is 0.299 e. The summed E-state index contributed by atoms with van der Waals surface area (Å²) in [4.78, 5) is 79.0. The lowest BCUT2D eigenvalue weighted by Crippen LogP contribution is -2.44. The van der Waals surface area contributed by atoms with Crippen LogP contribution in [0.2, 0.25) is 0 Å². The molecule has 34 nitrogen and oxygen atoms in total. The predicted molar refractivity (Wildman–Crippen MR) is 391 cm³/mol. The zero-order chi connectivity index (χ0) is 76.7. The van der Waals surface area contributed by atoms with E-state index in [1.165, 1.54) is 12.1 Å². The van der Waals surface area contributed by atoms with Crippen molar-refractivity contribution >= 4 is 57.1 Å². The molecule has 106 heavy (non-hydrogen) atoms. The van der Waals surface area contributed by atoms with Crippen molar-refractivity contribution in [1.82, 2.24) is 16.0 Å². The second-order valence-corrected chi connectivity index (χ2v) is 23.1. The average molecular weight is 1510 g/mol. The van der Waals surface area contributed by atoms with E-state index in [0.717, 1.165) is 41.8 Å². The molecule has 3 rings (SSSR count). The Balaban J connectivity index is 0.000000934. The number of hydrogen-bond donors (Lipinski definition) is 5. The van der Waals surface area contributed by atoms with E-state index < -0.39 is 27.5 Å². The van der Waals surface area contributed by atoms with Gasteiger partial charge in [0, 0.05) is 51.4 Å². The molecule has 3 aromatic carbocycles. The van der Waals surface area contributed by atoms with Crippen LogP contribution in [0.1, 0.15) is 63.9 Å². The topological polar surface area (TPSA) is 412 Å². The average Bonchev–Trinajstić information content (AvgIpc) is 0.848. The first-order chi connectivity index (χ1) is 51.8. The molecule has 3 amide bonds. The van der Waals surface area contributed by atoms with E-state index in [4.69, 9.17) is 91.0 Å². The summed E-state index contributed by atoms with van der Waals surface area (Å²) in [5, 5.41) is 35.4. The van der Waals surface area contributed by atoms with Gasteiger partial charge in [0.05, 0.1) is 254 Å². The van der Waals surface area contributed by atoms with Crippen LogP contribution in [0.15, 0.2) is 60.7 Å². The molecule has 0 bridgehead atoms. The number of ether oxygens (including phenoxy) is 18. The number of rotatable bonds is 76. The zero-order valence-corrected chi connectivity index (χ0v) is 62.3. The number of nitro groups is 2. The van der Waals surface area contributed by atoms with Crippen LogP contribution in [0.4, 0.5) is 17.1 Å². The van der Waals surface area contributed by atoms with Crippen molar-refractivity contribution in [2.45, 2.75) is 70.8 Å². The Morgan fingerprint density at radius 2 is 0.811 bits per heavy atom. The first-order valence-electron chi connectivity index (χ1n) is 36.4. The Kier molecular flexibility index (Phi) is 63.3. The highest BCUT2D eigenvalue weighted by Gasteiger charge is 2.20. The highest BCUT2D eigenvalue weighted by molar-refractivity contribution is 5.87. The van der Waals surface area contributed by atoms with E-state index in [0.29, 0.717) is 256 Å². The fraction of sp³-hybridized carbons (Fsp3) is 0.708. The largest absolute Gasteiger partial charge is 0.379 e. The molecule has 1 unspecified atom stereocenters. The molecule has 1 atom stereocenters. The number of hydrogen-bond acceptors (Lipinski definition) is 29. The summed E-state index contributed by atoms with van der Waals surface area (Å²) < 4.78 is 98.4. The fourth-order valence-electron chi connectivity index (χ4n) is 8.92. The Labute approximate surface area is 622 Å². The van der Waals surface area contributed by atoms with Gasteiger partial charge in [0.2, 0.25) is 17.7 Å². The highest BCUT2D eigenvalue weighted by Crippen LogP contribution is 2.28. The first-order valence-corrected chi connectivity index (χ1v) is 36.4. The number of amides is 3. The molecular formula is C72H119N7O27. The van der Waals surface area contributed by atoms with E-state index >= 15 is 0 Å². The first kappa shape index (κ1) is 95.6. The van der Waals surface area contributed by atoms with Crippen LogP contribution in [-0.4, -0.2) is 310 Å². The normalized spacial score (nSPS) is 11.5. The van der Waals surface area contributed by atoms with Crippen LogP contribution in [-0.2, 0) is 116 Å². The number of nitrogens with zero attached hydrogens (tertiary/aromatic N) is 2. The van der Waals surface area contributed by atoms with Crippen molar-refractivity contribution in [1.29, 1.82) is 0 Å². The van der Waals surface area contributed by atoms with Gasteiger partial charge in [-0.05, 0) is 68.6 Å². The fourth-order valence-corrected chi connectivity index (χ4v) is 8.92. The maximum Gasteiger partial charge on any atom is 0.299 e. The van der Waals surface area contributed by atoms with E-state index in [2.05, 4.69) is 27.3 Å². The minimum atomic E-state index is -0.702. The summed E-state index contributed by atoms with van der Waals surface area (Å²) in [6, 6.07) is 16.8. The van der Waals surface area contributed by atoms with E-state index in [9.17, 15) is 44.2 Å². The number of Topliss-reactive ketones (excluding diaryl/α,β-unsaturated/α-hetero) is 2. The Morgan fingerprint density at radius 1 is 0.406 bits per heavy atom. The van der Waals surface area contributed by atoms with Crippen molar-refractivity contribution in [2.75, 3.05) is 270 Å². The quantitative estimate of drug-likeness (QED) is 0.0300. The molecule has 0 spiro atoms. The Morgan fingerprint density at radius 3 is 1.24 bits per heavy atom. The number of carbonyl (C=O) groups is 5. The van der Waals surface area contributed by atoms with Gasteiger partial charge in [-0.25, -0.2) is 0 Å². The third-order valence-corrected chi connectivity index (χ3v) is 14.5. The second-order valence-electron chi connectivity index (χ2n) is 23.1. The number of benzene rings is 3. The summed E-state index contributed by atoms with van der Waals surface area (Å²) in [5.41, 5.74) is 5.70. The zero-order valence-electron chi connectivity index (χ0n) is 62.3. The number of anilines is 1. The van der Waals surface area contributed by atoms with Crippen molar-refractivity contribution in [3.05, 3.63) is 86.5 Å². The third-order valence-electron chi connectivity index (χ3n) is 14.5. The van der Waals surface area contributed by atoms with Crippen molar-refractivity contribution < 1.29 is 119 Å². The lowest BCUT2D eigenvalue weighted by atomic mass is 10.1. The lowest BCUT2D eigenvalue weighted by Gasteiger charge is -2.15. The van der Waals surface area contributed by atoms with Crippen LogP contribution in [0.3, 0.4) is 0 Å². The molecule has 0 saturated carbocycles. The number of nitrogens with two attached hydrogens (primary N) is 1. The number of nitrogens with one attached hydrogen (secondary N) is 4. The molecule has 6 N–H and O–H groups in total. The van der Waals surface area contributed by atoms with Gasteiger partial charge in [-0.1, -0.05) is 42.5 Å². The molecule has 34 heteroatoms. The number of fused-ring (bicyclic) bond motifs is 1. The maximum absolute atomic E-state index is 12.2. The monoisotopic (exact) mass is 1510 g/mol. The van der Waals surface area contributed by atoms with Gasteiger partial charge in [0.1, 0.15) is 23.3 Å². The molecule has 0 aromatic heterocycles. The van der Waals surface area contributed by atoms with E-state index in [-0.39, 0.29) is 74.1 Å². The third kappa shape index (κ3) is 58.6. The number of unbranched alkanes of at least 4 members (excludes halogenated alkanes) is 1. The Bertz CT molecular complexity index is 2710. The summed E-state index contributed by atoms with van der Waals surface area (Å²) >= 11 is 0. The minimum Gasteiger partial charge on any atom is -0.379 e. The second kappa shape index (κ2) is 70.2. The standard InChI is InChI=1S/C52H87NO19.C20H32N6O8/c1-47(54)10-14-58-18-22-62-26-30-66-34-38-70-42-41-69-37-33-65-29-25-61-21-17-57-13-4-7-51(55)11-15-59-19-23-63-27-31-67-35-39-71-43-44-72-40-36-68-32-28-64-24-20-60-16-12-53-52(56)46-48-8-9-49-5-2-3-6-50(49)45-48;1-22-8-3-2-4-17(20(21)28)24-19(27)7-10-33-12-13-34-11-9-23-16-6-5-15(25(29)30)14-18(16)26(31)32/h2-3,5-6,8-9,45H,4,7,10-44,46H2,1H3,(H,53,56);5-6,14,17,22-23H,2-4,7-13H2,1H3,(H2,21,28)(H,24,27). The van der Waals surface area contributed by atoms with Gasteiger partial charge in [0.25, 0.3) is 11.4 Å². The SMILES string of the molecule is CC(=O)CCOCCOCCOCCOCCOCCOCCOCCOCCCC(=O)CCOCCOCCOCCOCCOCCOCCOCCOCCNC(=O)Cc1ccc2ccccc2c1.CNCCCCC(NC(=O)CCOCCOCCNc1ccc([N+](=O)[O-])cc1[N+](=O)[O-])C(N)=O. The van der Waals surface area contributed by atoms with E-state index in [1.54, 1.807) is 6.92 Å². The molecule has 0 saturated heterocycles.